The van der Waals surface area contributed by atoms with Crippen LogP contribution in [0.5, 0.6) is 0 Å². The van der Waals surface area contributed by atoms with Crippen molar-refractivity contribution in [2.75, 3.05) is 5.32 Å². The molecule has 5 nitrogen and oxygen atoms in total. The first-order valence-corrected chi connectivity index (χ1v) is 7.97. The average Bonchev–Trinajstić information content (AvgIpc) is 2.67. The fourth-order valence-corrected chi connectivity index (χ4v) is 2.34. The molecule has 0 radical (unpaired) electrons. The monoisotopic (exact) mass is 349 g/mol. The summed E-state index contributed by atoms with van der Waals surface area (Å²) >= 11 is 0. The first kappa shape index (κ1) is 17.3. The van der Waals surface area contributed by atoms with Crippen LogP contribution in [0.25, 0.3) is 0 Å². The Hall–Kier alpha value is -3.54. The van der Waals surface area contributed by atoms with Gasteiger partial charge in [-0.1, -0.05) is 36.4 Å². The molecule has 6 heteroatoms. The SMILES string of the molecule is O=C(NCc1ccccc1)c1ccnc(NC(=O)c2cccc(F)c2)c1. The van der Waals surface area contributed by atoms with Crippen molar-refractivity contribution in [3.8, 4) is 0 Å². The number of carbonyl (C=O) groups excluding carboxylic acids is 2. The number of pyridine rings is 1. The number of benzene rings is 2. The Labute approximate surface area is 149 Å². The van der Waals surface area contributed by atoms with E-state index in [1.165, 1.54) is 30.5 Å². The van der Waals surface area contributed by atoms with Gasteiger partial charge in [0.2, 0.25) is 0 Å². The first-order chi connectivity index (χ1) is 12.6. The summed E-state index contributed by atoms with van der Waals surface area (Å²) in [6.45, 7) is 0.396. The summed E-state index contributed by atoms with van der Waals surface area (Å²) < 4.78 is 13.2. The molecule has 0 saturated heterocycles. The Bertz CT molecular complexity index is 929. The molecule has 0 bridgehead atoms. The number of nitrogens with one attached hydrogen (secondary N) is 2. The topological polar surface area (TPSA) is 71.1 Å². The van der Waals surface area contributed by atoms with E-state index in [1.54, 1.807) is 6.07 Å². The molecule has 130 valence electrons. The molecule has 3 aromatic rings. The van der Waals surface area contributed by atoms with E-state index in [1.807, 2.05) is 30.3 Å². The molecule has 2 N–H and O–H groups in total. The van der Waals surface area contributed by atoms with Crippen LogP contribution in [0.1, 0.15) is 26.3 Å². The van der Waals surface area contributed by atoms with E-state index >= 15 is 0 Å². The van der Waals surface area contributed by atoms with Crippen molar-refractivity contribution in [3.63, 3.8) is 0 Å². The van der Waals surface area contributed by atoms with Crippen LogP contribution in [-0.2, 0) is 6.54 Å². The molecule has 0 unspecified atom stereocenters. The fourth-order valence-electron chi connectivity index (χ4n) is 2.34. The number of anilines is 1. The summed E-state index contributed by atoms with van der Waals surface area (Å²) in [5.41, 5.74) is 1.52. The lowest BCUT2D eigenvalue weighted by atomic mass is 10.2. The van der Waals surface area contributed by atoms with Gasteiger partial charge in [0.1, 0.15) is 11.6 Å². The number of hydrogen-bond donors (Lipinski definition) is 2. The highest BCUT2D eigenvalue weighted by molar-refractivity contribution is 6.04. The number of nitrogens with zero attached hydrogens (tertiary/aromatic N) is 1. The molecule has 26 heavy (non-hydrogen) atoms. The Morgan fingerprint density at radius 3 is 2.42 bits per heavy atom. The van der Waals surface area contributed by atoms with Gasteiger partial charge >= 0.3 is 0 Å². The highest BCUT2D eigenvalue weighted by atomic mass is 19.1. The molecule has 0 atom stereocenters. The summed E-state index contributed by atoms with van der Waals surface area (Å²) in [6, 6.07) is 17.9. The van der Waals surface area contributed by atoms with Crippen molar-refractivity contribution >= 4 is 17.6 Å². The third kappa shape index (κ3) is 4.51. The van der Waals surface area contributed by atoms with Crippen LogP contribution in [-0.4, -0.2) is 16.8 Å². The second kappa shape index (κ2) is 8.02. The zero-order valence-corrected chi connectivity index (χ0v) is 13.8. The molecule has 0 aliphatic carbocycles. The second-order valence-electron chi connectivity index (χ2n) is 5.56. The quantitative estimate of drug-likeness (QED) is 0.742. The van der Waals surface area contributed by atoms with E-state index in [2.05, 4.69) is 15.6 Å². The molecule has 0 aliphatic rings. The van der Waals surface area contributed by atoms with E-state index in [9.17, 15) is 14.0 Å². The van der Waals surface area contributed by atoms with Gasteiger partial charge in [-0.05, 0) is 35.9 Å². The number of amides is 2. The number of halogens is 1. The predicted molar refractivity (Wildman–Crippen MR) is 96.2 cm³/mol. The Balaban J connectivity index is 1.65. The average molecular weight is 349 g/mol. The largest absolute Gasteiger partial charge is 0.348 e. The standard InChI is InChI=1S/C20H16FN3O2/c21-17-8-4-7-15(11-17)20(26)24-18-12-16(9-10-22-18)19(25)23-13-14-5-2-1-3-6-14/h1-12H,13H2,(H,23,25)(H,22,24,26). The van der Waals surface area contributed by atoms with Gasteiger partial charge in [-0.25, -0.2) is 9.37 Å². The van der Waals surface area contributed by atoms with Gasteiger partial charge in [-0.2, -0.15) is 0 Å². The van der Waals surface area contributed by atoms with Crippen LogP contribution >= 0.6 is 0 Å². The van der Waals surface area contributed by atoms with Crippen molar-refractivity contribution < 1.29 is 14.0 Å². The minimum atomic E-state index is -0.501. The van der Waals surface area contributed by atoms with Crippen molar-refractivity contribution in [2.24, 2.45) is 0 Å². The van der Waals surface area contributed by atoms with Gasteiger partial charge in [0, 0.05) is 23.9 Å². The molecule has 1 heterocycles. The molecule has 2 aromatic carbocycles. The predicted octanol–water partition coefficient (Wildman–Crippen LogP) is 3.40. The molecular weight excluding hydrogens is 333 g/mol. The zero-order valence-electron chi connectivity index (χ0n) is 13.8. The number of rotatable bonds is 5. The van der Waals surface area contributed by atoms with Crippen LogP contribution in [0.15, 0.2) is 72.9 Å². The van der Waals surface area contributed by atoms with E-state index in [4.69, 9.17) is 0 Å². The van der Waals surface area contributed by atoms with E-state index in [0.29, 0.717) is 12.1 Å². The Morgan fingerprint density at radius 1 is 0.885 bits per heavy atom. The smallest absolute Gasteiger partial charge is 0.256 e. The number of carbonyl (C=O) groups is 2. The maximum absolute atomic E-state index is 13.2. The third-order valence-electron chi connectivity index (χ3n) is 3.65. The number of hydrogen-bond acceptors (Lipinski definition) is 3. The lowest BCUT2D eigenvalue weighted by molar-refractivity contribution is 0.0949. The lowest BCUT2D eigenvalue weighted by Gasteiger charge is -2.08. The van der Waals surface area contributed by atoms with Gasteiger partial charge in [0.15, 0.2) is 0 Å². The van der Waals surface area contributed by atoms with Gasteiger partial charge in [-0.15, -0.1) is 0 Å². The third-order valence-corrected chi connectivity index (χ3v) is 3.65. The molecule has 0 spiro atoms. The number of aromatic nitrogens is 1. The minimum absolute atomic E-state index is 0.172. The van der Waals surface area contributed by atoms with E-state index in [-0.39, 0.29) is 17.3 Å². The lowest BCUT2D eigenvalue weighted by Crippen LogP contribution is -2.23. The Kier molecular flexibility index (Phi) is 5.34. The molecule has 3 rings (SSSR count). The van der Waals surface area contributed by atoms with Gasteiger partial charge in [0.05, 0.1) is 0 Å². The van der Waals surface area contributed by atoms with Crippen LogP contribution < -0.4 is 10.6 Å². The van der Waals surface area contributed by atoms with E-state index in [0.717, 1.165) is 11.6 Å². The normalized spacial score (nSPS) is 10.2. The molecule has 0 aliphatic heterocycles. The van der Waals surface area contributed by atoms with Gasteiger partial charge < -0.3 is 10.6 Å². The van der Waals surface area contributed by atoms with Gasteiger partial charge in [0.25, 0.3) is 11.8 Å². The van der Waals surface area contributed by atoms with Gasteiger partial charge in [-0.3, -0.25) is 9.59 Å². The highest BCUT2D eigenvalue weighted by Gasteiger charge is 2.10. The molecule has 0 fully saturated rings. The molecule has 2 amide bonds. The maximum Gasteiger partial charge on any atom is 0.256 e. The second-order valence-corrected chi connectivity index (χ2v) is 5.56. The van der Waals surface area contributed by atoms with Crippen LogP contribution in [0, 0.1) is 5.82 Å². The van der Waals surface area contributed by atoms with Crippen molar-refractivity contribution in [2.45, 2.75) is 6.54 Å². The molecule has 1 aromatic heterocycles. The van der Waals surface area contributed by atoms with Crippen molar-refractivity contribution in [3.05, 3.63) is 95.4 Å². The summed E-state index contributed by atoms with van der Waals surface area (Å²) in [6.07, 6.45) is 1.43. The summed E-state index contributed by atoms with van der Waals surface area (Å²) in [5, 5.41) is 5.36. The van der Waals surface area contributed by atoms with E-state index < -0.39 is 11.7 Å². The molecule has 0 saturated carbocycles. The first-order valence-electron chi connectivity index (χ1n) is 7.97. The fraction of sp³-hybridized carbons (Fsp3) is 0.0500. The minimum Gasteiger partial charge on any atom is -0.348 e. The molecular formula is C20H16FN3O2. The highest BCUT2D eigenvalue weighted by Crippen LogP contribution is 2.11. The van der Waals surface area contributed by atoms with Crippen molar-refractivity contribution in [1.29, 1.82) is 0 Å². The van der Waals surface area contributed by atoms with Crippen LogP contribution in [0.4, 0.5) is 10.2 Å². The van der Waals surface area contributed by atoms with Crippen LogP contribution in [0.3, 0.4) is 0 Å². The Morgan fingerprint density at radius 2 is 1.65 bits per heavy atom. The maximum atomic E-state index is 13.2. The van der Waals surface area contributed by atoms with Crippen LogP contribution in [0.2, 0.25) is 0 Å². The van der Waals surface area contributed by atoms with Crippen molar-refractivity contribution in [1.82, 2.24) is 10.3 Å². The zero-order chi connectivity index (χ0) is 18.4. The summed E-state index contributed by atoms with van der Waals surface area (Å²) in [7, 11) is 0. The summed E-state index contributed by atoms with van der Waals surface area (Å²) in [4.78, 5) is 28.4. The summed E-state index contributed by atoms with van der Waals surface area (Å²) in [5.74, 6) is -1.07.